The van der Waals surface area contributed by atoms with E-state index in [0.29, 0.717) is 50.2 Å². The Morgan fingerprint density at radius 2 is 1.74 bits per heavy atom. The molecule has 8 nitrogen and oxygen atoms in total. The van der Waals surface area contributed by atoms with Crippen molar-refractivity contribution in [1.82, 2.24) is 4.31 Å². The molecule has 5 fully saturated rings. The number of halogens is 1. The lowest BCUT2D eigenvalue weighted by Gasteiger charge is -2.60. The van der Waals surface area contributed by atoms with Gasteiger partial charge in [0.25, 0.3) is 5.91 Å². The topological polar surface area (TPSA) is 102 Å². The van der Waals surface area contributed by atoms with E-state index in [9.17, 15) is 18.0 Å². The molecule has 1 N–H and O–H groups in total. The molecule has 1 amide bonds. The molecule has 4 bridgehead atoms. The van der Waals surface area contributed by atoms with Gasteiger partial charge >= 0.3 is 5.97 Å². The number of nitrogens with zero attached hydrogens (tertiary/aromatic N) is 1. The third kappa shape index (κ3) is 5.05. The highest BCUT2D eigenvalue weighted by molar-refractivity contribution is 9.10. The van der Waals surface area contributed by atoms with Crippen LogP contribution in [-0.4, -0.2) is 61.8 Å². The first-order valence-corrected chi connectivity index (χ1v) is 14.2. The number of hydrogen-bond acceptors (Lipinski definition) is 6. The molecule has 4 aliphatic carbocycles. The summed E-state index contributed by atoms with van der Waals surface area (Å²) in [4.78, 5) is 25.1. The molecule has 34 heavy (non-hydrogen) atoms. The Bertz CT molecular complexity index is 1040. The summed E-state index contributed by atoms with van der Waals surface area (Å²) in [6, 6.07) is 6.01. The fraction of sp³-hybridized carbons (Fsp3) is 0.667. The number of hydrogen-bond donors (Lipinski definition) is 1. The first-order chi connectivity index (χ1) is 16.1. The zero-order valence-electron chi connectivity index (χ0n) is 19.1. The molecule has 0 aromatic heterocycles. The smallest absolute Gasteiger partial charge is 0.306 e. The van der Waals surface area contributed by atoms with Crippen LogP contribution in [0.3, 0.4) is 0 Å². The number of benzene rings is 1. The lowest BCUT2D eigenvalue weighted by molar-refractivity contribution is -0.153. The molecule has 0 spiro atoms. The summed E-state index contributed by atoms with van der Waals surface area (Å²) in [5.41, 5.74) is 0.451. The van der Waals surface area contributed by atoms with Crippen LogP contribution in [0.2, 0.25) is 0 Å². The first-order valence-electron chi connectivity index (χ1n) is 12.0. The van der Waals surface area contributed by atoms with Crippen molar-refractivity contribution < 1.29 is 27.5 Å². The van der Waals surface area contributed by atoms with Crippen LogP contribution < -0.4 is 5.32 Å². The fourth-order valence-electron chi connectivity index (χ4n) is 6.89. The van der Waals surface area contributed by atoms with Crippen molar-refractivity contribution in [3.05, 3.63) is 24.3 Å². The minimum Gasteiger partial charge on any atom is -0.456 e. The highest BCUT2D eigenvalue weighted by Gasteiger charge is 2.57. The van der Waals surface area contributed by atoms with Crippen LogP contribution in [0, 0.1) is 17.3 Å². The third-order valence-corrected chi connectivity index (χ3v) is 10.6. The first kappa shape index (κ1) is 24.2. The number of rotatable bonds is 7. The molecule has 10 heteroatoms. The Kier molecular flexibility index (Phi) is 6.54. The van der Waals surface area contributed by atoms with Gasteiger partial charge in [0, 0.05) is 23.1 Å². The largest absolute Gasteiger partial charge is 0.456 e. The second-order valence-corrected chi connectivity index (χ2v) is 14.2. The van der Waals surface area contributed by atoms with E-state index in [1.807, 2.05) is 0 Å². The number of carbonyl (C=O) groups is 2. The van der Waals surface area contributed by atoms with E-state index < -0.39 is 15.9 Å². The summed E-state index contributed by atoms with van der Waals surface area (Å²) in [7, 11) is -3.59. The van der Waals surface area contributed by atoms with Crippen molar-refractivity contribution in [2.75, 3.05) is 38.2 Å². The Labute approximate surface area is 208 Å². The molecule has 1 heterocycles. The third-order valence-electron chi connectivity index (χ3n) is 7.74. The second kappa shape index (κ2) is 9.19. The predicted molar refractivity (Wildman–Crippen MR) is 129 cm³/mol. The molecule has 2 unspecified atom stereocenters. The summed E-state index contributed by atoms with van der Waals surface area (Å²) in [5.74, 6) is 0.610. The van der Waals surface area contributed by atoms with E-state index in [1.165, 1.54) is 47.8 Å². The monoisotopic (exact) mass is 554 g/mol. The van der Waals surface area contributed by atoms with Crippen molar-refractivity contribution in [1.29, 1.82) is 0 Å². The van der Waals surface area contributed by atoms with Crippen molar-refractivity contribution in [3.8, 4) is 0 Å². The molecule has 1 saturated heterocycles. The van der Waals surface area contributed by atoms with Gasteiger partial charge in [0.05, 0.1) is 24.5 Å². The summed E-state index contributed by atoms with van der Waals surface area (Å²) in [6.45, 7) is 1.06. The van der Waals surface area contributed by atoms with Gasteiger partial charge in [-0.05, 0) is 80.0 Å². The van der Waals surface area contributed by atoms with Gasteiger partial charge in [-0.15, -0.1) is 0 Å². The Morgan fingerprint density at radius 1 is 1.09 bits per heavy atom. The normalized spacial score (nSPS) is 33.0. The molecule has 1 aromatic carbocycles. The molecule has 1 aromatic rings. The Hall–Kier alpha value is -1.49. The van der Waals surface area contributed by atoms with Gasteiger partial charge in [-0.25, -0.2) is 8.42 Å². The standard InChI is InChI=1S/C24H31BrN2O6S/c25-24-12-17-9-18(13-24)11-23(10-17,16-24)14-22(29)33-15-21(28)26-19-1-3-20(4-2-19)34(30,31)27-5-7-32-8-6-27/h1-4,17-18H,5-16H2,(H,26,28)/t17-,18+,23?,24?. The SMILES string of the molecule is O=C(COC(=O)CC12C[C@@H]3C[C@@H](CC(Br)(C3)C1)C2)Nc1ccc(S(=O)(=O)N2CCOCC2)cc1. The molecule has 6 rings (SSSR count). The summed E-state index contributed by atoms with van der Waals surface area (Å²) in [5, 5.41) is 2.67. The number of amides is 1. The molecule has 1 aliphatic heterocycles. The minimum absolute atomic E-state index is 0.00292. The highest BCUT2D eigenvalue weighted by Crippen LogP contribution is 2.65. The van der Waals surface area contributed by atoms with Crippen LogP contribution in [0.4, 0.5) is 5.69 Å². The van der Waals surface area contributed by atoms with Crippen LogP contribution in [-0.2, 0) is 29.1 Å². The lowest BCUT2D eigenvalue weighted by Crippen LogP contribution is -2.53. The fourth-order valence-corrected chi connectivity index (χ4v) is 9.81. The van der Waals surface area contributed by atoms with Crippen LogP contribution in [0.5, 0.6) is 0 Å². The molecular weight excluding hydrogens is 524 g/mol. The van der Waals surface area contributed by atoms with Gasteiger partial charge in [-0.2, -0.15) is 4.31 Å². The Morgan fingerprint density at radius 3 is 2.35 bits per heavy atom. The van der Waals surface area contributed by atoms with Crippen LogP contribution in [0.25, 0.3) is 0 Å². The summed E-state index contributed by atoms with van der Waals surface area (Å²) in [6.07, 6.45) is 7.22. The van der Waals surface area contributed by atoms with Gasteiger partial charge in [-0.1, -0.05) is 15.9 Å². The maximum atomic E-state index is 12.7. The maximum Gasteiger partial charge on any atom is 0.306 e. The van der Waals surface area contributed by atoms with Crippen molar-refractivity contribution in [2.24, 2.45) is 17.3 Å². The lowest BCUT2D eigenvalue weighted by atomic mass is 9.49. The number of sulfonamides is 1. The summed E-state index contributed by atoms with van der Waals surface area (Å²) >= 11 is 3.96. The van der Waals surface area contributed by atoms with Crippen LogP contribution in [0.1, 0.15) is 44.9 Å². The molecular formula is C24H31BrN2O6S. The van der Waals surface area contributed by atoms with E-state index in [2.05, 4.69) is 21.2 Å². The van der Waals surface area contributed by atoms with E-state index in [0.717, 1.165) is 19.3 Å². The molecule has 4 atom stereocenters. The second-order valence-electron chi connectivity index (χ2n) is 10.5. The number of carbonyl (C=O) groups excluding carboxylic acids is 2. The van der Waals surface area contributed by atoms with E-state index in [1.54, 1.807) is 0 Å². The van der Waals surface area contributed by atoms with Gasteiger partial charge < -0.3 is 14.8 Å². The quantitative estimate of drug-likeness (QED) is 0.409. The summed E-state index contributed by atoms with van der Waals surface area (Å²) < 4.78 is 37.5. The van der Waals surface area contributed by atoms with Crippen molar-refractivity contribution >= 4 is 43.5 Å². The molecule has 5 aliphatic rings. The Balaban J connectivity index is 1.11. The van der Waals surface area contributed by atoms with E-state index in [4.69, 9.17) is 9.47 Å². The van der Waals surface area contributed by atoms with E-state index in [-0.39, 0.29) is 27.2 Å². The van der Waals surface area contributed by atoms with Crippen molar-refractivity contribution in [2.45, 2.75) is 54.2 Å². The van der Waals surface area contributed by atoms with Gasteiger partial charge in [0.1, 0.15) is 0 Å². The van der Waals surface area contributed by atoms with Gasteiger partial charge in [0.2, 0.25) is 10.0 Å². The number of morpholine rings is 1. The molecule has 0 radical (unpaired) electrons. The zero-order valence-corrected chi connectivity index (χ0v) is 21.5. The number of anilines is 1. The van der Waals surface area contributed by atoms with Gasteiger partial charge in [-0.3, -0.25) is 9.59 Å². The minimum atomic E-state index is -3.59. The maximum absolute atomic E-state index is 12.7. The average Bonchev–Trinajstić information content (AvgIpc) is 2.77. The number of esters is 1. The van der Waals surface area contributed by atoms with E-state index >= 15 is 0 Å². The predicted octanol–water partition coefficient (Wildman–Crippen LogP) is 3.31. The van der Waals surface area contributed by atoms with Crippen LogP contribution >= 0.6 is 15.9 Å². The zero-order chi connectivity index (χ0) is 24.0. The van der Waals surface area contributed by atoms with Gasteiger partial charge in [0.15, 0.2) is 6.61 Å². The van der Waals surface area contributed by atoms with Crippen LogP contribution in [0.15, 0.2) is 29.2 Å². The molecule has 4 saturated carbocycles. The number of ether oxygens (including phenoxy) is 2. The number of nitrogens with one attached hydrogen (secondary N) is 1. The molecule has 186 valence electrons. The van der Waals surface area contributed by atoms with Crippen molar-refractivity contribution in [3.63, 3.8) is 0 Å². The highest BCUT2D eigenvalue weighted by atomic mass is 79.9. The average molecular weight is 555 g/mol. The number of alkyl halides is 1.